The normalized spacial score (nSPS) is 10.4. The third-order valence-corrected chi connectivity index (χ3v) is 3.39. The van der Waals surface area contributed by atoms with E-state index in [1.165, 1.54) is 0 Å². The highest BCUT2D eigenvalue weighted by atomic mass is 16.3. The first kappa shape index (κ1) is 16.5. The molecule has 0 fully saturated rings. The predicted molar refractivity (Wildman–Crippen MR) is 83.3 cm³/mol. The van der Waals surface area contributed by atoms with Crippen molar-refractivity contribution in [2.24, 2.45) is 0 Å². The van der Waals surface area contributed by atoms with E-state index in [0.29, 0.717) is 18.7 Å². The molecule has 112 valence electrons. The molecule has 0 spiro atoms. The zero-order valence-corrected chi connectivity index (χ0v) is 12.8. The minimum Gasteiger partial charge on any atom is -0.395 e. The second kappa shape index (κ2) is 8.59. The van der Waals surface area contributed by atoms with Crippen molar-refractivity contribution >= 4 is 11.6 Å². The molecule has 1 aromatic rings. The summed E-state index contributed by atoms with van der Waals surface area (Å²) < 4.78 is 0. The minimum atomic E-state index is -0.00741. The maximum atomic E-state index is 12.3. The molecule has 0 aliphatic carbocycles. The Morgan fingerprint density at radius 2 is 1.65 bits per heavy atom. The fourth-order valence-electron chi connectivity index (χ4n) is 2.29. The molecule has 4 heteroatoms. The van der Waals surface area contributed by atoms with E-state index < -0.39 is 0 Å². The van der Waals surface area contributed by atoms with Crippen LogP contribution in [0.25, 0.3) is 0 Å². The van der Waals surface area contributed by atoms with Crippen LogP contribution in [0.4, 0.5) is 5.69 Å². The van der Waals surface area contributed by atoms with Crippen LogP contribution in [0, 0.1) is 0 Å². The molecule has 0 aliphatic heterocycles. The summed E-state index contributed by atoms with van der Waals surface area (Å²) in [6, 6.07) is 7.72. The van der Waals surface area contributed by atoms with Gasteiger partial charge in [0, 0.05) is 37.4 Å². The molecule has 1 aromatic carbocycles. The number of amides is 1. The summed E-state index contributed by atoms with van der Waals surface area (Å²) in [6.45, 7) is 9.25. The van der Waals surface area contributed by atoms with Crippen LogP contribution in [0.1, 0.15) is 37.6 Å². The van der Waals surface area contributed by atoms with Crippen molar-refractivity contribution in [2.45, 2.75) is 27.2 Å². The predicted octanol–water partition coefficient (Wildman–Crippen LogP) is 2.38. The third-order valence-electron chi connectivity index (χ3n) is 3.39. The zero-order valence-electron chi connectivity index (χ0n) is 12.8. The highest BCUT2D eigenvalue weighted by Crippen LogP contribution is 2.16. The molecule has 0 atom stereocenters. The average Bonchev–Trinajstić information content (AvgIpc) is 2.48. The smallest absolute Gasteiger partial charge is 0.253 e. The zero-order chi connectivity index (χ0) is 15.0. The van der Waals surface area contributed by atoms with Gasteiger partial charge in [-0.05, 0) is 44.5 Å². The summed E-state index contributed by atoms with van der Waals surface area (Å²) in [7, 11) is 0. The Morgan fingerprint density at radius 3 is 2.10 bits per heavy atom. The van der Waals surface area contributed by atoms with Gasteiger partial charge in [0.05, 0.1) is 6.61 Å². The van der Waals surface area contributed by atoms with Crippen molar-refractivity contribution in [1.82, 2.24) is 4.90 Å². The quantitative estimate of drug-likeness (QED) is 0.794. The third kappa shape index (κ3) is 4.23. The first-order chi connectivity index (χ1) is 9.67. The molecular weight excluding hydrogens is 252 g/mol. The van der Waals surface area contributed by atoms with Gasteiger partial charge in [0.25, 0.3) is 5.91 Å². The number of hydrogen-bond donors (Lipinski definition) is 1. The Bertz CT molecular complexity index is 393. The molecule has 0 aliphatic rings. The Kier molecular flexibility index (Phi) is 7.09. The summed E-state index contributed by atoms with van der Waals surface area (Å²) in [5, 5.41) is 9.04. The molecule has 20 heavy (non-hydrogen) atoms. The van der Waals surface area contributed by atoms with E-state index in [9.17, 15) is 4.79 Å². The monoisotopic (exact) mass is 278 g/mol. The van der Waals surface area contributed by atoms with Crippen LogP contribution in [-0.4, -0.2) is 48.7 Å². The van der Waals surface area contributed by atoms with Gasteiger partial charge < -0.3 is 14.9 Å². The van der Waals surface area contributed by atoms with Crippen molar-refractivity contribution in [3.63, 3.8) is 0 Å². The van der Waals surface area contributed by atoms with Crippen molar-refractivity contribution in [1.29, 1.82) is 0 Å². The number of hydrogen-bond acceptors (Lipinski definition) is 3. The van der Waals surface area contributed by atoms with Gasteiger partial charge in [-0.15, -0.1) is 0 Å². The molecule has 1 N–H and O–H groups in total. The number of aliphatic hydroxyl groups is 1. The lowest BCUT2D eigenvalue weighted by Crippen LogP contribution is -2.34. The minimum absolute atomic E-state index is 0.00324. The molecule has 4 nitrogen and oxygen atoms in total. The highest BCUT2D eigenvalue weighted by Gasteiger charge is 2.14. The van der Waals surface area contributed by atoms with Crippen molar-refractivity contribution in [3.05, 3.63) is 29.8 Å². The molecule has 0 radical (unpaired) electrons. The van der Waals surface area contributed by atoms with Crippen LogP contribution in [0.15, 0.2) is 24.3 Å². The Balaban J connectivity index is 2.83. The average molecular weight is 278 g/mol. The number of benzene rings is 1. The molecule has 0 unspecified atom stereocenters. The van der Waals surface area contributed by atoms with Crippen molar-refractivity contribution in [2.75, 3.05) is 37.7 Å². The Morgan fingerprint density at radius 1 is 1.05 bits per heavy atom. The van der Waals surface area contributed by atoms with Gasteiger partial charge >= 0.3 is 0 Å². The Labute approximate surface area is 122 Å². The van der Waals surface area contributed by atoms with E-state index in [1.54, 1.807) is 4.90 Å². The van der Waals surface area contributed by atoms with Crippen molar-refractivity contribution in [3.8, 4) is 0 Å². The van der Waals surface area contributed by atoms with E-state index >= 15 is 0 Å². The SMILES string of the molecule is CCCN(CCO)C(=O)c1ccc(N(CC)CC)cc1. The van der Waals surface area contributed by atoms with Crippen LogP contribution in [-0.2, 0) is 0 Å². The summed E-state index contributed by atoms with van der Waals surface area (Å²) in [6.07, 6.45) is 0.892. The maximum absolute atomic E-state index is 12.3. The second-order valence-electron chi connectivity index (χ2n) is 4.73. The standard InChI is InChI=1S/C16H26N2O2/c1-4-11-18(12-13-19)16(20)14-7-9-15(10-8-14)17(5-2)6-3/h7-10,19H,4-6,11-13H2,1-3H3. The topological polar surface area (TPSA) is 43.8 Å². The molecule has 1 amide bonds. The van der Waals surface area contributed by atoms with Crippen LogP contribution >= 0.6 is 0 Å². The number of anilines is 1. The molecule has 0 heterocycles. The van der Waals surface area contributed by atoms with Gasteiger partial charge in [-0.25, -0.2) is 0 Å². The lowest BCUT2D eigenvalue weighted by atomic mass is 10.1. The molecule has 0 saturated heterocycles. The summed E-state index contributed by atoms with van der Waals surface area (Å²) >= 11 is 0. The first-order valence-electron chi connectivity index (χ1n) is 7.43. The fraction of sp³-hybridized carbons (Fsp3) is 0.562. The summed E-state index contributed by atoms with van der Waals surface area (Å²) in [5.41, 5.74) is 1.82. The summed E-state index contributed by atoms with van der Waals surface area (Å²) in [4.78, 5) is 16.3. The highest BCUT2D eigenvalue weighted by molar-refractivity contribution is 5.94. The first-order valence-corrected chi connectivity index (χ1v) is 7.43. The van der Waals surface area contributed by atoms with Crippen molar-refractivity contribution < 1.29 is 9.90 Å². The van der Waals surface area contributed by atoms with Crippen LogP contribution in [0.3, 0.4) is 0 Å². The number of nitrogens with zero attached hydrogens (tertiary/aromatic N) is 2. The van der Waals surface area contributed by atoms with Gasteiger partial charge in [-0.2, -0.15) is 0 Å². The van der Waals surface area contributed by atoms with Gasteiger partial charge in [0.15, 0.2) is 0 Å². The molecular formula is C16H26N2O2. The largest absolute Gasteiger partial charge is 0.395 e. The lowest BCUT2D eigenvalue weighted by Gasteiger charge is -2.23. The van der Waals surface area contributed by atoms with Gasteiger partial charge in [0.1, 0.15) is 0 Å². The van der Waals surface area contributed by atoms with Gasteiger partial charge in [-0.1, -0.05) is 6.92 Å². The molecule has 1 rings (SSSR count). The molecule has 0 aromatic heterocycles. The van der Waals surface area contributed by atoms with Crippen LogP contribution in [0.2, 0.25) is 0 Å². The van der Waals surface area contributed by atoms with Crippen LogP contribution < -0.4 is 4.90 Å². The molecule has 0 bridgehead atoms. The van der Waals surface area contributed by atoms with Gasteiger partial charge in [0.2, 0.25) is 0 Å². The summed E-state index contributed by atoms with van der Waals surface area (Å²) in [5.74, 6) is -0.00741. The Hall–Kier alpha value is -1.55. The fourth-order valence-corrected chi connectivity index (χ4v) is 2.29. The maximum Gasteiger partial charge on any atom is 0.253 e. The van der Waals surface area contributed by atoms with E-state index in [0.717, 1.165) is 25.2 Å². The van der Waals surface area contributed by atoms with Crippen LogP contribution in [0.5, 0.6) is 0 Å². The second-order valence-corrected chi connectivity index (χ2v) is 4.73. The number of rotatable bonds is 8. The van der Waals surface area contributed by atoms with E-state index in [2.05, 4.69) is 18.7 Å². The number of carbonyl (C=O) groups is 1. The van der Waals surface area contributed by atoms with E-state index in [-0.39, 0.29) is 12.5 Å². The lowest BCUT2D eigenvalue weighted by molar-refractivity contribution is 0.0722. The van der Waals surface area contributed by atoms with E-state index in [4.69, 9.17) is 5.11 Å². The van der Waals surface area contributed by atoms with Gasteiger partial charge in [-0.3, -0.25) is 4.79 Å². The number of aliphatic hydroxyl groups excluding tert-OH is 1. The number of carbonyl (C=O) groups excluding carboxylic acids is 1. The molecule has 0 saturated carbocycles. The van der Waals surface area contributed by atoms with E-state index in [1.807, 2.05) is 31.2 Å².